The molecule has 5 heteroatoms. The number of carbonyl (C=O) groups excluding carboxylic acids is 1. The summed E-state index contributed by atoms with van der Waals surface area (Å²) in [6.07, 6.45) is 7.02. The summed E-state index contributed by atoms with van der Waals surface area (Å²) in [5, 5.41) is 4.15. The number of nitrogens with one attached hydrogen (secondary N) is 1. The molecule has 0 unspecified atom stereocenters. The van der Waals surface area contributed by atoms with Crippen LogP contribution in [0.25, 0.3) is 0 Å². The number of rotatable bonds is 6. The number of hydrogen-bond donors (Lipinski definition) is 2. The van der Waals surface area contributed by atoms with Crippen LogP contribution in [0.3, 0.4) is 0 Å². The maximum atomic E-state index is 12.1. The van der Waals surface area contributed by atoms with Crippen LogP contribution in [0, 0.1) is 11.8 Å². The molecule has 0 spiro atoms. The largest absolute Gasteiger partial charge is 0.355 e. The molecule has 106 valence electrons. The number of carbonyl (C=O) groups is 1. The number of amides is 1. The van der Waals surface area contributed by atoms with E-state index in [9.17, 15) is 4.79 Å². The first kappa shape index (κ1) is 14.5. The van der Waals surface area contributed by atoms with Crippen LogP contribution in [0.5, 0.6) is 0 Å². The van der Waals surface area contributed by atoms with Gasteiger partial charge in [0.2, 0.25) is 5.91 Å². The van der Waals surface area contributed by atoms with Gasteiger partial charge in [0.1, 0.15) is 0 Å². The van der Waals surface area contributed by atoms with Crippen molar-refractivity contribution in [3.63, 3.8) is 0 Å². The molecule has 1 aromatic heterocycles. The van der Waals surface area contributed by atoms with Crippen molar-refractivity contribution < 1.29 is 4.79 Å². The molecule has 1 fully saturated rings. The van der Waals surface area contributed by atoms with E-state index in [0.717, 1.165) is 37.1 Å². The molecule has 0 aliphatic heterocycles. The molecule has 1 aromatic rings. The zero-order valence-corrected chi connectivity index (χ0v) is 12.3. The van der Waals surface area contributed by atoms with Crippen LogP contribution < -0.4 is 11.1 Å². The van der Waals surface area contributed by atoms with E-state index >= 15 is 0 Å². The predicted molar refractivity (Wildman–Crippen MR) is 78.1 cm³/mol. The van der Waals surface area contributed by atoms with Crippen LogP contribution in [0.2, 0.25) is 0 Å². The standard InChI is InChI=1S/C14H23N3OS/c1-2-11-9-17-13(19-11)6-7-16-14(18)12-5-3-4-10(12)8-15/h9-10,12H,2-8,15H2,1H3,(H,16,18)/t10-,12-/m1/s1. The molecule has 0 saturated heterocycles. The van der Waals surface area contributed by atoms with Gasteiger partial charge >= 0.3 is 0 Å². The lowest BCUT2D eigenvalue weighted by Gasteiger charge is -2.17. The van der Waals surface area contributed by atoms with Crippen molar-refractivity contribution in [2.24, 2.45) is 17.6 Å². The maximum Gasteiger partial charge on any atom is 0.223 e. The second-order valence-electron chi connectivity index (χ2n) is 5.15. The van der Waals surface area contributed by atoms with E-state index in [4.69, 9.17) is 5.73 Å². The van der Waals surface area contributed by atoms with Gasteiger partial charge in [0.15, 0.2) is 0 Å². The monoisotopic (exact) mass is 281 g/mol. The Balaban J connectivity index is 1.74. The fourth-order valence-electron chi connectivity index (χ4n) is 2.71. The molecular weight excluding hydrogens is 258 g/mol. The smallest absolute Gasteiger partial charge is 0.223 e. The molecule has 1 aliphatic carbocycles. The fourth-order valence-corrected chi connectivity index (χ4v) is 3.58. The Morgan fingerprint density at radius 3 is 3.11 bits per heavy atom. The molecule has 0 aromatic carbocycles. The molecule has 3 N–H and O–H groups in total. The zero-order valence-electron chi connectivity index (χ0n) is 11.5. The first-order valence-corrected chi connectivity index (χ1v) is 7.97. The van der Waals surface area contributed by atoms with Gasteiger partial charge in [-0.15, -0.1) is 11.3 Å². The third-order valence-corrected chi connectivity index (χ3v) is 5.09. The fraction of sp³-hybridized carbons (Fsp3) is 0.714. The lowest BCUT2D eigenvalue weighted by molar-refractivity contribution is -0.125. The maximum absolute atomic E-state index is 12.1. The molecule has 1 heterocycles. The van der Waals surface area contributed by atoms with Gasteiger partial charge in [-0.25, -0.2) is 4.98 Å². The van der Waals surface area contributed by atoms with Crippen LogP contribution in [-0.2, 0) is 17.6 Å². The van der Waals surface area contributed by atoms with Crippen LogP contribution in [0.4, 0.5) is 0 Å². The lowest BCUT2D eigenvalue weighted by Crippen LogP contribution is -2.36. The van der Waals surface area contributed by atoms with E-state index in [1.807, 2.05) is 6.20 Å². The van der Waals surface area contributed by atoms with Crippen molar-refractivity contribution in [1.82, 2.24) is 10.3 Å². The van der Waals surface area contributed by atoms with Crippen molar-refractivity contribution in [3.05, 3.63) is 16.1 Å². The van der Waals surface area contributed by atoms with E-state index in [-0.39, 0.29) is 11.8 Å². The third kappa shape index (κ3) is 3.76. The Hall–Kier alpha value is -0.940. The van der Waals surface area contributed by atoms with Gasteiger partial charge < -0.3 is 11.1 Å². The van der Waals surface area contributed by atoms with Crippen LogP contribution in [0.1, 0.15) is 36.1 Å². The summed E-state index contributed by atoms with van der Waals surface area (Å²) < 4.78 is 0. The highest BCUT2D eigenvalue weighted by atomic mass is 32.1. The highest BCUT2D eigenvalue weighted by Crippen LogP contribution is 2.30. The molecule has 0 bridgehead atoms. The van der Waals surface area contributed by atoms with E-state index in [2.05, 4.69) is 17.2 Å². The molecule has 1 aliphatic rings. The zero-order chi connectivity index (χ0) is 13.7. The van der Waals surface area contributed by atoms with Gasteiger partial charge in [-0.2, -0.15) is 0 Å². The number of aromatic nitrogens is 1. The molecule has 19 heavy (non-hydrogen) atoms. The summed E-state index contributed by atoms with van der Waals surface area (Å²) in [5.41, 5.74) is 5.71. The first-order valence-electron chi connectivity index (χ1n) is 7.16. The van der Waals surface area contributed by atoms with Crippen molar-refractivity contribution in [3.8, 4) is 0 Å². The number of nitrogens with two attached hydrogens (primary N) is 1. The van der Waals surface area contributed by atoms with Crippen molar-refractivity contribution in [2.45, 2.75) is 39.0 Å². The van der Waals surface area contributed by atoms with Crippen LogP contribution >= 0.6 is 11.3 Å². The normalized spacial score (nSPS) is 22.6. The summed E-state index contributed by atoms with van der Waals surface area (Å²) >= 11 is 1.74. The van der Waals surface area contributed by atoms with Gasteiger partial charge in [0, 0.05) is 30.0 Å². The minimum absolute atomic E-state index is 0.132. The van der Waals surface area contributed by atoms with E-state index in [1.54, 1.807) is 11.3 Å². The van der Waals surface area contributed by atoms with E-state index in [1.165, 1.54) is 4.88 Å². The van der Waals surface area contributed by atoms with Crippen molar-refractivity contribution in [1.29, 1.82) is 0 Å². The Morgan fingerprint density at radius 2 is 2.42 bits per heavy atom. The third-order valence-electron chi connectivity index (χ3n) is 3.89. The Kier molecular flexibility index (Phi) is 5.34. The van der Waals surface area contributed by atoms with Gasteiger partial charge in [-0.3, -0.25) is 4.79 Å². The molecule has 2 rings (SSSR count). The molecular formula is C14H23N3OS. The van der Waals surface area contributed by atoms with Gasteiger partial charge in [-0.1, -0.05) is 13.3 Å². The molecule has 4 nitrogen and oxygen atoms in total. The molecule has 1 saturated carbocycles. The quantitative estimate of drug-likeness (QED) is 0.834. The Bertz CT molecular complexity index is 419. The second-order valence-corrected chi connectivity index (χ2v) is 6.35. The van der Waals surface area contributed by atoms with Crippen LogP contribution in [-0.4, -0.2) is 24.0 Å². The van der Waals surface area contributed by atoms with Crippen molar-refractivity contribution >= 4 is 17.2 Å². The lowest BCUT2D eigenvalue weighted by atomic mass is 9.95. The topological polar surface area (TPSA) is 68.0 Å². The number of nitrogens with zero attached hydrogens (tertiary/aromatic N) is 1. The Labute approximate surface area is 118 Å². The Morgan fingerprint density at radius 1 is 1.58 bits per heavy atom. The number of aryl methyl sites for hydroxylation is 1. The minimum Gasteiger partial charge on any atom is -0.355 e. The van der Waals surface area contributed by atoms with Gasteiger partial charge in [0.05, 0.1) is 5.01 Å². The molecule has 2 atom stereocenters. The highest BCUT2D eigenvalue weighted by Gasteiger charge is 2.31. The SMILES string of the molecule is CCc1cnc(CCNC(=O)[C@@H]2CCC[C@@H]2CN)s1. The van der Waals surface area contributed by atoms with E-state index in [0.29, 0.717) is 19.0 Å². The molecule has 0 radical (unpaired) electrons. The number of thiazole rings is 1. The van der Waals surface area contributed by atoms with Crippen LogP contribution in [0.15, 0.2) is 6.20 Å². The molecule has 1 amide bonds. The number of hydrogen-bond acceptors (Lipinski definition) is 4. The summed E-state index contributed by atoms with van der Waals surface area (Å²) in [6, 6.07) is 0. The minimum atomic E-state index is 0.132. The summed E-state index contributed by atoms with van der Waals surface area (Å²) in [6.45, 7) is 3.44. The van der Waals surface area contributed by atoms with E-state index < -0.39 is 0 Å². The highest BCUT2D eigenvalue weighted by molar-refractivity contribution is 7.11. The summed E-state index contributed by atoms with van der Waals surface area (Å²) in [7, 11) is 0. The average Bonchev–Trinajstić information content (AvgIpc) is 3.06. The summed E-state index contributed by atoms with van der Waals surface area (Å²) in [4.78, 5) is 17.7. The van der Waals surface area contributed by atoms with Crippen molar-refractivity contribution in [2.75, 3.05) is 13.1 Å². The van der Waals surface area contributed by atoms with Gasteiger partial charge in [0.25, 0.3) is 0 Å². The second kappa shape index (κ2) is 7.01. The van der Waals surface area contributed by atoms with Gasteiger partial charge in [-0.05, 0) is 31.7 Å². The predicted octanol–water partition coefficient (Wildman–Crippen LogP) is 1.74. The summed E-state index contributed by atoms with van der Waals surface area (Å²) in [5.74, 6) is 0.694. The average molecular weight is 281 g/mol. The first-order chi connectivity index (χ1) is 9.24.